The number of oxazole rings is 1. The number of hydrogen-bond acceptors (Lipinski definition) is 4. The van der Waals surface area contributed by atoms with E-state index in [9.17, 15) is 8.42 Å². The Morgan fingerprint density at radius 2 is 2.07 bits per heavy atom. The Morgan fingerprint density at radius 3 is 2.71 bits per heavy atom. The number of hydrogen-bond donors (Lipinski definition) is 0. The summed E-state index contributed by atoms with van der Waals surface area (Å²) >= 11 is 0. The van der Waals surface area contributed by atoms with Crippen molar-refractivity contribution >= 4 is 20.9 Å². The molecule has 0 fully saturated rings. The molecule has 0 saturated carbocycles. The molecule has 1 heterocycles. The van der Waals surface area contributed by atoms with Gasteiger partial charge in [-0.3, -0.25) is 0 Å². The van der Waals surface area contributed by atoms with Gasteiger partial charge in [-0.1, -0.05) is 12.1 Å². The largest absolute Gasteiger partial charge is 0.440 e. The van der Waals surface area contributed by atoms with Gasteiger partial charge in [0.05, 0.1) is 0 Å². The van der Waals surface area contributed by atoms with Crippen molar-refractivity contribution in [2.45, 2.75) is 5.75 Å². The standard InChI is InChI=1S/C9H9NO3S/c1-14(11,12)6-9-10-7-4-2-3-5-8(7)13-9/h2-5H,6H2,1H3. The Balaban J connectivity index is 2.46. The fourth-order valence-electron chi connectivity index (χ4n) is 1.21. The van der Waals surface area contributed by atoms with E-state index in [2.05, 4.69) is 4.98 Å². The normalized spacial score (nSPS) is 12.1. The summed E-state index contributed by atoms with van der Waals surface area (Å²) in [6.45, 7) is 0. The minimum Gasteiger partial charge on any atom is -0.440 e. The summed E-state index contributed by atoms with van der Waals surface area (Å²) in [5.41, 5.74) is 1.30. The van der Waals surface area contributed by atoms with E-state index in [1.165, 1.54) is 0 Å². The van der Waals surface area contributed by atoms with Crippen LogP contribution in [-0.2, 0) is 15.6 Å². The second-order valence-corrected chi connectivity index (χ2v) is 5.29. The van der Waals surface area contributed by atoms with Crippen LogP contribution in [0.5, 0.6) is 0 Å². The van der Waals surface area contributed by atoms with Crippen LogP contribution >= 0.6 is 0 Å². The van der Waals surface area contributed by atoms with Gasteiger partial charge in [-0.2, -0.15) is 0 Å². The van der Waals surface area contributed by atoms with Crippen molar-refractivity contribution in [3.63, 3.8) is 0 Å². The predicted molar refractivity (Wildman–Crippen MR) is 52.6 cm³/mol. The zero-order chi connectivity index (χ0) is 10.2. The Kier molecular flexibility index (Phi) is 2.03. The molecule has 1 aromatic heterocycles. The van der Waals surface area contributed by atoms with Crippen molar-refractivity contribution in [2.75, 3.05) is 6.26 Å². The van der Waals surface area contributed by atoms with E-state index in [0.29, 0.717) is 11.1 Å². The lowest BCUT2D eigenvalue weighted by Crippen LogP contribution is -2.00. The fourth-order valence-corrected chi connectivity index (χ4v) is 1.78. The number of rotatable bonds is 2. The smallest absolute Gasteiger partial charge is 0.210 e. The second-order valence-electron chi connectivity index (χ2n) is 3.15. The number of nitrogens with zero attached hydrogens (tertiary/aromatic N) is 1. The van der Waals surface area contributed by atoms with E-state index < -0.39 is 9.84 Å². The molecule has 0 aliphatic carbocycles. The number of sulfone groups is 1. The summed E-state index contributed by atoms with van der Waals surface area (Å²) in [6.07, 6.45) is 1.15. The molecule has 2 rings (SSSR count). The first-order valence-electron chi connectivity index (χ1n) is 4.07. The third-order valence-corrected chi connectivity index (χ3v) is 2.50. The van der Waals surface area contributed by atoms with Crippen LogP contribution in [0.3, 0.4) is 0 Å². The van der Waals surface area contributed by atoms with Crippen LogP contribution in [0.2, 0.25) is 0 Å². The lowest BCUT2D eigenvalue weighted by molar-refractivity contribution is 0.542. The van der Waals surface area contributed by atoms with Crippen molar-refractivity contribution in [3.05, 3.63) is 30.2 Å². The van der Waals surface area contributed by atoms with Crippen molar-refractivity contribution in [1.82, 2.24) is 4.98 Å². The summed E-state index contributed by atoms with van der Waals surface area (Å²) in [7, 11) is -3.08. The molecule has 0 atom stereocenters. The molecule has 0 radical (unpaired) electrons. The molecule has 0 spiro atoms. The third kappa shape index (κ3) is 1.93. The molecule has 0 unspecified atom stereocenters. The minimum absolute atomic E-state index is 0.151. The molecule has 2 aromatic rings. The van der Waals surface area contributed by atoms with Gasteiger partial charge in [-0.05, 0) is 12.1 Å². The van der Waals surface area contributed by atoms with Crippen LogP contribution in [0, 0.1) is 0 Å². The monoisotopic (exact) mass is 211 g/mol. The summed E-state index contributed by atoms with van der Waals surface area (Å²) in [6, 6.07) is 7.19. The summed E-state index contributed by atoms with van der Waals surface area (Å²) in [4.78, 5) is 4.05. The van der Waals surface area contributed by atoms with Gasteiger partial charge in [-0.25, -0.2) is 13.4 Å². The second kappa shape index (κ2) is 3.09. The minimum atomic E-state index is -3.08. The quantitative estimate of drug-likeness (QED) is 0.752. The van der Waals surface area contributed by atoms with Crippen LogP contribution in [0.25, 0.3) is 11.1 Å². The first-order valence-corrected chi connectivity index (χ1v) is 6.13. The third-order valence-electron chi connectivity index (χ3n) is 1.72. The molecule has 1 aromatic carbocycles. The van der Waals surface area contributed by atoms with Crippen LogP contribution in [-0.4, -0.2) is 19.7 Å². The van der Waals surface area contributed by atoms with E-state index in [1.54, 1.807) is 12.1 Å². The molecule has 0 N–H and O–H groups in total. The number of aromatic nitrogens is 1. The predicted octanol–water partition coefficient (Wildman–Crippen LogP) is 1.37. The van der Waals surface area contributed by atoms with E-state index in [0.717, 1.165) is 6.26 Å². The molecule has 14 heavy (non-hydrogen) atoms. The number of para-hydroxylation sites is 2. The van der Waals surface area contributed by atoms with Gasteiger partial charge in [0.25, 0.3) is 0 Å². The molecule has 74 valence electrons. The van der Waals surface area contributed by atoms with Crippen LogP contribution in [0.4, 0.5) is 0 Å². The van der Waals surface area contributed by atoms with Crippen molar-refractivity contribution in [2.24, 2.45) is 0 Å². The summed E-state index contributed by atoms with van der Waals surface area (Å²) < 4.78 is 27.2. The topological polar surface area (TPSA) is 60.2 Å². The molecule has 0 amide bonds. The number of fused-ring (bicyclic) bond motifs is 1. The SMILES string of the molecule is CS(=O)(=O)Cc1nc2ccccc2o1. The zero-order valence-electron chi connectivity index (χ0n) is 7.60. The van der Waals surface area contributed by atoms with Crippen molar-refractivity contribution in [3.8, 4) is 0 Å². The van der Waals surface area contributed by atoms with Gasteiger partial charge in [-0.15, -0.1) is 0 Å². The number of benzene rings is 1. The molecule has 4 nitrogen and oxygen atoms in total. The lowest BCUT2D eigenvalue weighted by atomic mass is 10.3. The van der Waals surface area contributed by atoms with Crippen molar-refractivity contribution < 1.29 is 12.8 Å². The van der Waals surface area contributed by atoms with Gasteiger partial charge in [0.2, 0.25) is 5.89 Å². The summed E-state index contributed by atoms with van der Waals surface area (Å²) in [5, 5.41) is 0. The maximum atomic E-state index is 11.0. The van der Waals surface area contributed by atoms with Crippen LogP contribution in [0.1, 0.15) is 5.89 Å². The maximum absolute atomic E-state index is 11.0. The molecule has 0 saturated heterocycles. The van der Waals surface area contributed by atoms with Gasteiger partial charge < -0.3 is 4.42 Å². The lowest BCUT2D eigenvalue weighted by Gasteiger charge is -1.89. The van der Waals surface area contributed by atoms with Gasteiger partial charge >= 0.3 is 0 Å². The Labute approximate surface area is 81.5 Å². The van der Waals surface area contributed by atoms with E-state index in [4.69, 9.17) is 4.42 Å². The van der Waals surface area contributed by atoms with Crippen LogP contribution < -0.4 is 0 Å². The first kappa shape index (κ1) is 9.21. The van der Waals surface area contributed by atoms with Crippen molar-refractivity contribution in [1.29, 1.82) is 0 Å². The molecule has 0 aliphatic heterocycles. The van der Waals surface area contributed by atoms with Gasteiger partial charge in [0, 0.05) is 6.26 Å². The molecule has 5 heteroatoms. The highest BCUT2D eigenvalue weighted by Gasteiger charge is 2.10. The Bertz CT molecular complexity index is 523. The highest BCUT2D eigenvalue weighted by atomic mass is 32.2. The summed E-state index contributed by atoms with van der Waals surface area (Å²) in [5.74, 6) is 0.0931. The van der Waals surface area contributed by atoms with E-state index in [1.807, 2.05) is 12.1 Å². The average Bonchev–Trinajstić information content (AvgIpc) is 2.42. The highest BCUT2D eigenvalue weighted by molar-refractivity contribution is 7.89. The first-order chi connectivity index (χ1) is 6.54. The maximum Gasteiger partial charge on any atom is 0.210 e. The molecule has 0 bridgehead atoms. The van der Waals surface area contributed by atoms with Crippen LogP contribution in [0.15, 0.2) is 28.7 Å². The Morgan fingerprint density at radius 1 is 1.36 bits per heavy atom. The highest BCUT2D eigenvalue weighted by Crippen LogP contribution is 2.15. The molecular weight excluding hydrogens is 202 g/mol. The van der Waals surface area contributed by atoms with Gasteiger partial charge in [0.1, 0.15) is 11.3 Å². The fraction of sp³-hybridized carbons (Fsp3) is 0.222. The average molecular weight is 211 g/mol. The van der Waals surface area contributed by atoms with E-state index >= 15 is 0 Å². The zero-order valence-corrected chi connectivity index (χ0v) is 8.41. The Hall–Kier alpha value is -1.36. The van der Waals surface area contributed by atoms with Gasteiger partial charge in [0.15, 0.2) is 15.4 Å². The molecular formula is C9H9NO3S. The molecule has 0 aliphatic rings. The van der Waals surface area contributed by atoms with E-state index in [-0.39, 0.29) is 11.6 Å².